The van der Waals surface area contributed by atoms with E-state index in [2.05, 4.69) is 12.2 Å². The van der Waals surface area contributed by atoms with Crippen LogP contribution >= 0.6 is 11.6 Å². The lowest BCUT2D eigenvalue weighted by Crippen LogP contribution is -2.21. The number of amides is 1. The number of unbranched alkanes of at least 4 members (excludes halogenated alkanes) is 6. The van der Waals surface area contributed by atoms with Crippen molar-refractivity contribution in [1.82, 2.24) is 5.32 Å². The molecule has 1 N–H and O–H groups in total. The molecule has 0 aliphatic heterocycles. The summed E-state index contributed by atoms with van der Waals surface area (Å²) in [6.07, 6.45) is 12.2. The normalized spacial score (nSPS) is 11.0. The zero-order valence-electron chi connectivity index (χ0n) is 12.9. The van der Waals surface area contributed by atoms with Gasteiger partial charge in [0, 0.05) is 17.6 Å². The lowest BCUT2D eigenvalue weighted by molar-refractivity contribution is -0.116. The molecule has 0 bridgehead atoms. The number of halogens is 1. The van der Waals surface area contributed by atoms with E-state index < -0.39 is 0 Å². The number of hydrogen-bond donors (Lipinski definition) is 1. The maximum absolute atomic E-state index is 11.6. The minimum Gasteiger partial charge on any atom is -0.353 e. The van der Waals surface area contributed by atoms with E-state index in [1.165, 1.54) is 38.5 Å². The monoisotopic (exact) mass is 307 g/mol. The first-order valence-electron chi connectivity index (χ1n) is 7.94. The molecule has 1 amide bonds. The zero-order chi connectivity index (χ0) is 15.3. The fourth-order valence-corrected chi connectivity index (χ4v) is 2.33. The molecule has 0 aliphatic rings. The second kappa shape index (κ2) is 11.4. The van der Waals surface area contributed by atoms with Crippen LogP contribution in [0.5, 0.6) is 0 Å². The number of nitrogens with one attached hydrogen (secondary N) is 1. The fraction of sp³-hybridized carbons (Fsp3) is 0.500. The summed E-state index contributed by atoms with van der Waals surface area (Å²) < 4.78 is 0. The molecule has 0 saturated heterocycles. The molecule has 116 valence electrons. The largest absolute Gasteiger partial charge is 0.353 e. The van der Waals surface area contributed by atoms with Crippen LogP contribution in [0.1, 0.15) is 57.4 Å². The Kier molecular flexibility index (Phi) is 9.64. The molecule has 1 aromatic carbocycles. The Balaban J connectivity index is 2.09. The highest BCUT2D eigenvalue weighted by Crippen LogP contribution is 2.11. The van der Waals surface area contributed by atoms with Crippen LogP contribution in [0, 0.1) is 0 Å². The van der Waals surface area contributed by atoms with Gasteiger partial charge in [-0.2, -0.15) is 0 Å². The highest BCUT2D eigenvalue weighted by atomic mass is 35.5. The van der Waals surface area contributed by atoms with Gasteiger partial charge in [0.25, 0.3) is 0 Å². The van der Waals surface area contributed by atoms with Crippen molar-refractivity contribution in [1.29, 1.82) is 0 Å². The van der Waals surface area contributed by atoms with E-state index in [1.54, 1.807) is 12.2 Å². The van der Waals surface area contributed by atoms with Gasteiger partial charge in [-0.1, -0.05) is 69.2 Å². The molecule has 0 radical (unpaired) electrons. The Hall–Kier alpha value is -1.28. The quantitative estimate of drug-likeness (QED) is 0.466. The summed E-state index contributed by atoms with van der Waals surface area (Å²) in [5, 5.41) is 3.59. The minimum absolute atomic E-state index is 0.0408. The maximum atomic E-state index is 11.6. The number of carbonyl (C=O) groups is 1. The van der Waals surface area contributed by atoms with Gasteiger partial charge in [0.15, 0.2) is 0 Å². The van der Waals surface area contributed by atoms with Gasteiger partial charge in [-0.3, -0.25) is 4.79 Å². The fourth-order valence-electron chi connectivity index (χ4n) is 2.13. The van der Waals surface area contributed by atoms with E-state index >= 15 is 0 Å². The number of benzene rings is 1. The Morgan fingerprint density at radius 1 is 1.14 bits per heavy atom. The summed E-state index contributed by atoms with van der Waals surface area (Å²) >= 11 is 5.89. The summed E-state index contributed by atoms with van der Waals surface area (Å²) in [6, 6.07) is 7.45. The number of rotatable bonds is 10. The SMILES string of the molecule is CCCCCCCCCNC(=O)C=Cc1cccc(Cl)c1. The maximum Gasteiger partial charge on any atom is 0.243 e. The van der Waals surface area contributed by atoms with Crippen LogP contribution in [-0.2, 0) is 4.79 Å². The third-order valence-corrected chi connectivity index (χ3v) is 3.59. The number of hydrogen-bond acceptors (Lipinski definition) is 1. The van der Waals surface area contributed by atoms with Crippen molar-refractivity contribution in [3.63, 3.8) is 0 Å². The van der Waals surface area contributed by atoms with Crippen LogP contribution in [0.15, 0.2) is 30.3 Å². The first-order chi connectivity index (χ1) is 10.2. The van der Waals surface area contributed by atoms with Gasteiger partial charge in [0.05, 0.1) is 0 Å². The molecule has 2 nitrogen and oxygen atoms in total. The molecule has 0 aromatic heterocycles. The molecule has 0 unspecified atom stereocenters. The standard InChI is InChI=1S/C18H26ClNO/c1-2-3-4-5-6-7-8-14-20-18(21)13-12-16-10-9-11-17(19)15-16/h9-13,15H,2-8,14H2,1H3,(H,20,21). The van der Waals surface area contributed by atoms with E-state index in [4.69, 9.17) is 11.6 Å². The molecule has 0 heterocycles. The second-order valence-corrected chi connectivity index (χ2v) is 5.74. The summed E-state index contributed by atoms with van der Waals surface area (Å²) in [6.45, 7) is 2.99. The van der Waals surface area contributed by atoms with Crippen LogP contribution in [0.3, 0.4) is 0 Å². The van der Waals surface area contributed by atoms with Crippen molar-refractivity contribution in [2.75, 3.05) is 6.54 Å². The van der Waals surface area contributed by atoms with Gasteiger partial charge in [-0.25, -0.2) is 0 Å². The third-order valence-electron chi connectivity index (χ3n) is 3.36. The van der Waals surface area contributed by atoms with Gasteiger partial charge in [-0.15, -0.1) is 0 Å². The lowest BCUT2D eigenvalue weighted by Gasteiger charge is -2.02. The average molecular weight is 308 g/mol. The summed E-state index contributed by atoms with van der Waals surface area (Å²) in [5.74, 6) is -0.0408. The van der Waals surface area contributed by atoms with E-state index in [1.807, 2.05) is 24.3 Å². The van der Waals surface area contributed by atoms with Crippen LogP contribution in [0.2, 0.25) is 5.02 Å². The van der Waals surface area contributed by atoms with Gasteiger partial charge >= 0.3 is 0 Å². The van der Waals surface area contributed by atoms with Gasteiger partial charge in [0.2, 0.25) is 5.91 Å². The van der Waals surface area contributed by atoms with Crippen LogP contribution in [0.25, 0.3) is 6.08 Å². The molecule has 0 fully saturated rings. The first kappa shape index (κ1) is 17.8. The van der Waals surface area contributed by atoms with Crippen molar-refractivity contribution in [2.45, 2.75) is 51.9 Å². The predicted octanol–water partition coefficient (Wildman–Crippen LogP) is 5.22. The molecule has 0 atom stereocenters. The molecule has 21 heavy (non-hydrogen) atoms. The highest BCUT2D eigenvalue weighted by molar-refractivity contribution is 6.30. The van der Waals surface area contributed by atoms with Crippen molar-refractivity contribution in [3.05, 3.63) is 40.9 Å². The van der Waals surface area contributed by atoms with Crippen molar-refractivity contribution in [3.8, 4) is 0 Å². The van der Waals surface area contributed by atoms with Crippen LogP contribution < -0.4 is 5.32 Å². The Labute approximate surface area is 133 Å². The average Bonchev–Trinajstić information content (AvgIpc) is 2.48. The van der Waals surface area contributed by atoms with E-state index in [0.717, 1.165) is 18.5 Å². The zero-order valence-corrected chi connectivity index (χ0v) is 13.7. The third kappa shape index (κ3) is 9.30. The minimum atomic E-state index is -0.0408. The van der Waals surface area contributed by atoms with Crippen molar-refractivity contribution < 1.29 is 4.79 Å². The van der Waals surface area contributed by atoms with E-state index in [-0.39, 0.29) is 5.91 Å². The molecular formula is C18H26ClNO. The molecule has 3 heteroatoms. The molecular weight excluding hydrogens is 282 g/mol. The Bertz CT molecular complexity index is 443. The van der Waals surface area contributed by atoms with Gasteiger partial charge in [0.1, 0.15) is 0 Å². The topological polar surface area (TPSA) is 29.1 Å². The van der Waals surface area contributed by atoms with E-state index in [9.17, 15) is 4.79 Å². The molecule has 0 spiro atoms. The first-order valence-corrected chi connectivity index (χ1v) is 8.31. The van der Waals surface area contributed by atoms with Gasteiger partial charge in [-0.05, 0) is 30.2 Å². The summed E-state index contributed by atoms with van der Waals surface area (Å²) in [7, 11) is 0. The summed E-state index contributed by atoms with van der Waals surface area (Å²) in [5.41, 5.74) is 0.938. The smallest absolute Gasteiger partial charge is 0.243 e. The molecule has 0 aliphatic carbocycles. The predicted molar refractivity (Wildman–Crippen MR) is 91.5 cm³/mol. The van der Waals surface area contributed by atoms with Crippen molar-refractivity contribution >= 4 is 23.6 Å². The molecule has 0 saturated carbocycles. The van der Waals surface area contributed by atoms with Gasteiger partial charge < -0.3 is 5.32 Å². The van der Waals surface area contributed by atoms with Crippen LogP contribution in [-0.4, -0.2) is 12.5 Å². The highest BCUT2D eigenvalue weighted by Gasteiger charge is 1.96. The lowest BCUT2D eigenvalue weighted by atomic mass is 10.1. The molecule has 1 aromatic rings. The Morgan fingerprint density at radius 2 is 1.86 bits per heavy atom. The molecule has 1 rings (SSSR count). The second-order valence-electron chi connectivity index (χ2n) is 5.30. The summed E-state index contributed by atoms with van der Waals surface area (Å²) in [4.78, 5) is 11.6. The van der Waals surface area contributed by atoms with Crippen molar-refractivity contribution in [2.24, 2.45) is 0 Å². The Morgan fingerprint density at radius 3 is 2.57 bits per heavy atom. The van der Waals surface area contributed by atoms with E-state index in [0.29, 0.717) is 5.02 Å². The van der Waals surface area contributed by atoms with Crippen LogP contribution in [0.4, 0.5) is 0 Å². The number of carbonyl (C=O) groups excluding carboxylic acids is 1.